The fourth-order valence-corrected chi connectivity index (χ4v) is 1.62. The highest BCUT2D eigenvalue weighted by molar-refractivity contribution is 4.88. The van der Waals surface area contributed by atoms with Crippen molar-refractivity contribution in [2.24, 2.45) is 0 Å². The molecule has 0 aromatic carbocycles. The van der Waals surface area contributed by atoms with Gasteiger partial charge < -0.3 is 10.2 Å². The van der Waals surface area contributed by atoms with Crippen molar-refractivity contribution in [1.29, 1.82) is 0 Å². The van der Waals surface area contributed by atoms with Gasteiger partial charge in [-0.05, 0) is 19.3 Å². The Hall–Kier alpha value is -0.0800. The molecule has 1 aliphatic rings. The molecular formula is C8H16O2. The lowest BCUT2D eigenvalue weighted by atomic mass is 9.80. The Labute approximate surface area is 61.9 Å². The summed E-state index contributed by atoms with van der Waals surface area (Å²) < 4.78 is 0. The van der Waals surface area contributed by atoms with Crippen LogP contribution in [0.1, 0.15) is 39.0 Å². The van der Waals surface area contributed by atoms with Crippen molar-refractivity contribution in [1.82, 2.24) is 0 Å². The summed E-state index contributed by atoms with van der Waals surface area (Å²) in [6.07, 6.45) is 3.85. The third-order valence-electron chi connectivity index (χ3n) is 2.57. The van der Waals surface area contributed by atoms with E-state index in [4.69, 9.17) is 0 Å². The van der Waals surface area contributed by atoms with Gasteiger partial charge in [0, 0.05) is 0 Å². The van der Waals surface area contributed by atoms with Crippen molar-refractivity contribution < 1.29 is 10.2 Å². The molecule has 2 N–H and O–H groups in total. The molecule has 0 radical (unpaired) electrons. The van der Waals surface area contributed by atoms with Gasteiger partial charge in [-0.2, -0.15) is 0 Å². The van der Waals surface area contributed by atoms with Crippen LogP contribution in [0.15, 0.2) is 0 Å². The minimum atomic E-state index is -0.766. The summed E-state index contributed by atoms with van der Waals surface area (Å²) in [7, 11) is 0. The zero-order chi connectivity index (χ0) is 7.61. The molecule has 2 atom stereocenters. The molecule has 10 heavy (non-hydrogen) atoms. The van der Waals surface area contributed by atoms with Crippen molar-refractivity contribution >= 4 is 0 Å². The summed E-state index contributed by atoms with van der Waals surface area (Å²) in [5.74, 6) is 0. The summed E-state index contributed by atoms with van der Waals surface area (Å²) in [5, 5.41) is 19.1. The number of rotatable bonds is 1. The quantitative estimate of drug-likeness (QED) is 0.577. The van der Waals surface area contributed by atoms with Gasteiger partial charge in [0.2, 0.25) is 0 Å². The van der Waals surface area contributed by atoms with Crippen LogP contribution in [0.5, 0.6) is 0 Å². The lowest BCUT2D eigenvalue weighted by molar-refractivity contribution is -0.101. The van der Waals surface area contributed by atoms with E-state index in [9.17, 15) is 10.2 Å². The van der Waals surface area contributed by atoms with E-state index in [1.165, 1.54) is 0 Å². The van der Waals surface area contributed by atoms with Crippen LogP contribution >= 0.6 is 0 Å². The first kappa shape index (κ1) is 8.02. The van der Waals surface area contributed by atoms with Gasteiger partial charge in [0.1, 0.15) is 0 Å². The Kier molecular flexibility index (Phi) is 2.32. The molecule has 2 heteroatoms. The Balaban J connectivity index is 2.54. The fraction of sp³-hybridized carbons (Fsp3) is 1.00. The average Bonchev–Trinajstić information content (AvgIpc) is 1.96. The van der Waals surface area contributed by atoms with E-state index in [1.807, 2.05) is 6.92 Å². The molecule has 1 saturated carbocycles. The predicted octanol–water partition coefficient (Wildman–Crippen LogP) is 1.06. The SMILES string of the molecule is CC[C@@]1(O)CCCC[C@@H]1O. The lowest BCUT2D eigenvalue weighted by Gasteiger charge is -2.35. The topological polar surface area (TPSA) is 40.5 Å². The summed E-state index contributed by atoms with van der Waals surface area (Å²) in [4.78, 5) is 0. The van der Waals surface area contributed by atoms with Crippen LogP contribution in [0.3, 0.4) is 0 Å². The predicted molar refractivity (Wildman–Crippen MR) is 39.7 cm³/mol. The first-order chi connectivity index (χ1) is 4.69. The Morgan fingerprint density at radius 1 is 1.50 bits per heavy atom. The number of hydrogen-bond acceptors (Lipinski definition) is 2. The minimum absolute atomic E-state index is 0.480. The van der Waals surface area contributed by atoms with Gasteiger partial charge in [-0.25, -0.2) is 0 Å². The number of hydrogen-bond donors (Lipinski definition) is 2. The van der Waals surface area contributed by atoms with Crippen LogP contribution in [0, 0.1) is 0 Å². The summed E-state index contributed by atoms with van der Waals surface area (Å²) in [6.45, 7) is 1.93. The molecule has 2 nitrogen and oxygen atoms in total. The molecule has 0 aromatic heterocycles. The van der Waals surface area contributed by atoms with Gasteiger partial charge in [-0.15, -0.1) is 0 Å². The van der Waals surface area contributed by atoms with Crippen LogP contribution in [-0.2, 0) is 0 Å². The van der Waals surface area contributed by atoms with Gasteiger partial charge in [0.15, 0.2) is 0 Å². The van der Waals surface area contributed by atoms with E-state index < -0.39 is 11.7 Å². The van der Waals surface area contributed by atoms with Crippen LogP contribution < -0.4 is 0 Å². The Morgan fingerprint density at radius 2 is 2.20 bits per heavy atom. The summed E-state index contributed by atoms with van der Waals surface area (Å²) >= 11 is 0. The van der Waals surface area contributed by atoms with Crippen molar-refractivity contribution in [3.8, 4) is 0 Å². The Bertz CT molecular complexity index is 114. The van der Waals surface area contributed by atoms with E-state index in [-0.39, 0.29) is 0 Å². The van der Waals surface area contributed by atoms with Crippen molar-refractivity contribution in [2.75, 3.05) is 0 Å². The third-order valence-corrected chi connectivity index (χ3v) is 2.57. The molecular weight excluding hydrogens is 128 g/mol. The van der Waals surface area contributed by atoms with Gasteiger partial charge in [0.25, 0.3) is 0 Å². The van der Waals surface area contributed by atoms with E-state index >= 15 is 0 Å². The van der Waals surface area contributed by atoms with Crippen LogP contribution in [-0.4, -0.2) is 21.9 Å². The van der Waals surface area contributed by atoms with Crippen LogP contribution in [0.25, 0.3) is 0 Å². The maximum atomic E-state index is 9.70. The average molecular weight is 144 g/mol. The molecule has 0 amide bonds. The van der Waals surface area contributed by atoms with E-state index in [2.05, 4.69) is 0 Å². The fourth-order valence-electron chi connectivity index (χ4n) is 1.62. The van der Waals surface area contributed by atoms with E-state index in [1.54, 1.807) is 0 Å². The monoisotopic (exact) mass is 144 g/mol. The second kappa shape index (κ2) is 2.89. The Morgan fingerprint density at radius 3 is 2.60 bits per heavy atom. The van der Waals surface area contributed by atoms with Crippen molar-refractivity contribution in [3.05, 3.63) is 0 Å². The highest BCUT2D eigenvalue weighted by Crippen LogP contribution is 2.30. The molecule has 1 fully saturated rings. The first-order valence-electron chi connectivity index (χ1n) is 4.09. The molecule has 60 valence electrons. The van der Waals surface area contributed by atoms with Gasteiger partial charge >= 0.3 is 0 Å². The third kappa shape index (κ3) is 1.32. The molecule has 1 aliphatic carbocycles. The second-order valence-corrected chi connectivity index (χ2v) is 3.22. The summed E-state index contributed by atoms with van der Waals surface area (Å²) in [6, 6.07) is 0. The standard InChI is InChI=1S/C8H16O2/c1-2-8(10)6-4-3-5-7(8)9/h7,9-10H,2-6H2,1H3/t7-,8+/m0/s1. The highest BCUT2D eigenvalue weighted by Gasteiger charge is 2.35. The van der Waals surface area contributed by atoms with Crippen molar-refractivity contribution in [2.45, 2.75) is 50.7 Å². The lowest BCUT2D eigenvalue weighted by Crippen LogP contribution is -2.44. The molecule has 0 heterocycles. The van der Waals surface area contributed by atoms with Crippen molar-refractivity contribution in [3.63, 3.8) is 0 Å². The molecule has 1 rings (SSSR count). The maximum absolute atomic E-state index is 9.70. The molecule has 0 aliphatic heterocycles. The largest absolute Gasteiger partial charge is 0.390 e. The highest BCUT2D eigenvalue weighted by atomic mass is 16.3. The van der Waals surface area contributed by atoms with Crippen LogP contribution in [0.4, 0.5) is 0 Å². The zero-order valence-corrected chi connectivity index (χ0v) is 6.51. The first-order valence-corrected chi connectivity index (χ1v) is 4.09. The molecule has 0 bridgehead atoms. The summed E-state index contributed by atoms with van der Waals surface area (Å²) in [5.41, 5.74) is -0.766. The second-order valence-electron chi connectivity index (χ2n) is 3.22. The number of aliphatic hydroxyl groups excluding tert-OH is 1. The van der Waals surface area contributed by atoms with Crippen LogP contribution in [0.2, 0.25) is 0 Å². The molecule has 0 spiro atoms. The molecule has 0 saturated heterocycles. The van der Waals surface area contributed by atoms with Gasteiger partial charge in [0.05, 0.1) is 11.7 Å². The zero-order valence-electron chi connectivity index (χ0n) is 6.51. The maximum Gasteiger partial charge on any atom is 0.0902 e. The van der Waals surface area contributed by atoms with E-state index in [0.717, 1.165) is 25.7 Å². The minimum Gasteiger partial charge on any atom is -0.390 e. The van der Waals surface area contributed by atoms with Gasteiger partial charge in [-0.3, -0.25) is 0 Å². The van der Waals surface area contributed by atoms with E-state index in [0.29, 0.717) is 6.42 Å². The molecule has 0 unspecified atom stereocenters. The molecule has 0 aromatic rings. The smallest absolute Gasteiger partial charge is 0.0902 e. The number of aliphatic hydroxyl groups is 2. The normalized spacial score (nSPS) is 41.7. The van der Waals surface area contributed by atoms with Gasteiger partial charge in [-0.1, -0.05) is 19.8 Å².